The molecule has 0 atom stereocenters. The van der Waals surface area contributed by atoms with E-state index in [9.17, 15) is 5.11 Å². The molecule has 1 heterocycles. The minimum atomic E-state index is -0.650. The van der Waals surface area contributed by atoms with Crippen molar-refractivity contribution in [1.82, 2.24) is 14.8 Å². The third kappa shape index (κ3) is 2.82. The Kier molecular flexibility index (Phi) is 4.47. The molecule has 0 fully saturated rings. The number of aromatic nitrogens is 3. The predicted octanol–water partition coefficient (Wildman–Crippen LogP) is 1.95. The number of hydrogen-bond donors (Lipinski definition) is 1. The van der Waals surface area contributed by atoms with Crippen LogP contribution in [0.15, 0.2) is 0 Å². The van der Waals surface area contributed by atoms with Crippen molar-refractivity contribution in [3.63, 3.8) is 0 Å². The molecule has 0 saturated carbocycles. The Morgan fingerprint density at radius 2 is 1.75 bits per heavy atom. The molecule has 1 rings (SSSR count). The minimum absolute atomic E-state index is 0.552. The molecule has 0 spiro atoms. The van der Waals surface area contributed by atoms with Crippen LogP contribution in [-0.2, 0) is 19.4 Å². The molecule has 0 amide bonds. The molecule has 16 heavy (non-hydrogen) atoms. The predicted molar refractivity (Wildman–Crippen MR) is 64.3 cm³/mol. The molecule has 0 aromatic carbocycles. The maximum absolute atomic E-state index is 10.3. The highest BCUT2D eigenvalue weighted by Gasteiger charge is 2.24. The molecule has 0 unspecified atom stereocenters. The molecule has 1 N–H and O–H groups in total. The lowest BCUT2D eigenvalue weighted by molar-refractivity contribution is 0.0109. The monoisotopic (exact) mass is 225 g/mol. The van der Waals surface area contributed by atoms with Gasteiger partial charge in [0.05, 0.1) is 12.1 Å². The lowest BCUT2D eigenvalue weighted by Crippen LogP contribution is -2.33. The topological polar surface area (TPSA) is 50.9 Å². The van der Waals surface area contributed by atoms with Crippen LogP contribution in [0, 0.1) is 0 Å². The second-order valence-corrected chi connectivity index (χ2v) is 4.24. The summed E-state index contributed by atoms with van der Waals surface area (Å²) in [4.78, 5) is 4.44. The Bertz CT molecular complexity index is 329. The van der Waals surface area contributed by atoms with Gasteiger partial charge in [0, 0.05) is 12.8 Å². The van der Waals surface area contributed by atoms with Crippen LogP contribution in [0.4, 0.5) is 0 Å². The fourth-order valence-corrected chi connectivity index (χ4v) is 1.72. The van der Waals surface area contributed by atoms with E-state index in [1.54, 1.807) is 0 Å². The van der Waals surface area contributed by atoms with Crippen LogP contribution in [0.3, 0.4) is 0 Å². The van der Waals surface area contributed by atoms with Crippen molar-refractivity contribution < 1.29 is 5.11 Å². The molecule has 4 heteroatoms. The highest BCUT2D eigenvalue weighted by Crippen LogP contribution is 2.18. The molecule has 4 nitrogen and oxygen atoms in total. The summed E-state index contributed by atoms with van der Waals surface area (Å²) in [6.45, 7) is 8.68. The van der Waals surface area contributed by atoms with E-state index in [0.717, 1.165) is 37.3 Å². The van der Waals surface area contributed by atoms with Crippen molar-refractivity contribution in [2.24, 2.45) is 0 Å². The second kappa shape index (κ2) is 5.43. The summed E-state index contributed by atoms with van der Waals surface area (Å²) in [5, 5.41) is 14.7. The van der Waals surface area contributed by atoms with Crippen LogP contribution in [-0.4, -0.2) is 25.5 Å². The van der Waals surface area contributed by atoms with Crippen LogP contribution < -0.4 is 0 Å². The maximum atomic E-state index is 10.3. The highest BCUT2D eigenvalue weighted by atomic mass is 16.3. The molecule has 1 aromatic heterocycles. The van der Waals surface area contributed by atoms with Gasteiger partial charge in [0.15, 0.2) is 5.82 Å². The van der Waals surface area contributed by atoms with E-state index < -0.39 is 5.60 Å². The summed E-state index contributed by atoms with van der Waals surface area (Å²) < 4.78 is 1.87. The first-order chi connectivity index (χ1) is 7.58. The Labute approximate surface area is 97.7 Å². The molecule has 0 radical (unpaired) electrons. The summed E-state index contributed by atoms with van der Waals surface area (Å²) in [6.07, 6.45) is 3.19. The summed E-state index contributed by atoms with van der Waals surface area (Å²) in [5.41, 5.74) is -0.650. The average Bonchev–Trinajstić information content (AvgIpc) is 2.71. The number of hydrogen-bond acceptors (Lipinski definition) is 3. The van der Waals surface area contributed by atoms with Crippen LogP contribution in [0.1, 0.15) is 52.2 Å². The summed E-state index contributed by atoms with van der Waals surface area (Å²) >= 11 is 0. The fraction of sp³-hybridized carbons (Fsp3) is 0.833. The smallest absolute Gasteiger partial charge is 0.150 e. The molecule has 0 aliphatic carbocycles. The Morgan fingerprint density at radius 1 is 1.12 bits per heavy atom. The fourth-order valence-electron chi connectivity index (χ4n) is 1.72. The zero-order chi connectivity index (χ0) is 12.2. The van der Waals surface area contributed by atoms with Gasteiger partial charge in [-0.05, 0) is 12.8 Å². The molecule has 0 bridgehead atoms. The second-order valence-electron chi connectivity index (χ2n) is 4.24. The molecule has 1 aromatic rings. The largest absolute Gasteiger partial charge is 0.388 e. The van der Waals surface area contributed by atoms with E-state index in [2.05, 4.69) is 17.0 Å². The van der Waals surface area contributed by atoms with E-state index in [0.29, 0.717) is 6.54 Å². The van der Waals surface area contributed by atoms with Crippen LogP contribution in [0.2, 0.25) is 0 Å². The number of aliphatic hydroxyl groups is 1. The Morgan fingerprint density at radius 3 is 2.19 bits per heavy atom. The molecular weight excluding hydrogens is 202 g/mol. The van der Waals surface area contributed by atoms with E-state index in [4.69, 9.17) is 0 Å². The summed E-state index contributed by atoms with van der Waals surface area (Å²) in [6, 6.07) is 0. The average molecular weight is 225 g/mol. The molecule has 92 valence electrons. The quantitative estimate of drug-likeness (QED) is 0.805. The van der Waals surface area contributed by atoms with Crippen molar-refractivity contribution in [3.05, 3.63) is 11.6 Å². The Balaban J connectivity index is 2.90. The van der Waals surface area contributed by atoms with Gasteiger partial charge in [-0.1, -0.05) is 27.7 Å². The lowest BCUT2D eigenvalue weighted by Gasteiger charge is -2.25. The van der Waals surface area contributed by atoms with Crippen molar-refractivity contribution >= 4 is 0 Å². The van der Waals surface area contributed by atoms with Gasteiger partial charge in [0.25, 0.3) is 0 Å². The first kappa shape index (κ1) is 13.2. The van der Waals surface area contributed by atoms with Crippen molar-refractivity contribution in [2.75, 3.05) is 0 Å². The van der Waals surface area contributed by atoms with E-state index in [1.807, 2.05) is 25.5 Å². The SMILES string of the molecule is CCc1nc(CC)n(CC(O)(CC)CC)n1. The third-order valence-electron chi connectivity index (χ3n) is 3.18. The first-order valence-corrected chi connectivity index (χ1v) is 6.23. The van der Waals surface area contributed by atoms with Gasteiger partial charge >= 0.3 is 0 Å². The highest BCUT2D eigenvalue weighted by molar-refractivity contribution is 4.94. The first-order valence-electron chi connectivity index (χ1n) is 6.23. The van der Waals surface area contributed by atoms with E-state index in [-0.39, 0.29) is 0 Å². The van der Waals surface area contributed by atoms with Crippen molar-refractivity contribution in [1.29, 1.82) is 0 Å². The number of nitrogens with zero attached hydrogens (tertiary/aromatic N) is 3. The zero-order valence-corrected chi connectivity index (χ0v) is 10.8. The van der Waals surface area contributed by atoms with Gasteiger partial charge in [-0.15, -0.1) is 0 Å². The molecule has 0 aliphatic rings. The third-order valence-corrected chi connectivity index (χ3v) is 3.18. The number of aryl methyl sites for hydroxylation is 2. The summed E-state index contributed by atoms with van der Waals surface area (Å²) in [5.74, 6) is 1.84. The normalized spacial score (nSPS) is 12.1. The Hall–Kier alpha value is -0.900. The van der Waals surface area contributed by atoms with Crippen molar-refractivity contribution in [2.45, 2.75) is 65.5 Å². The maximum Gasteiger partial charge on any atom is 0.150 e. The molecular formula is C12H23N3O. The van der Waals surface area contributed by atoms with Crippen LogP contribution in [0.5, 0.6) is 0 Å². The van der Waals surface area contributed by atoms with Gasteiger partial charge in [-0.2, -0.15) is 5.10 Å². The van der Waals surface area contributed by atoms with Crippen LogP contribution in [0.25, 0.3) is 0 Å². The van der Waals surface area contributed by atoms with E-state index >= 15 is 0 Å². The van der Waals surface area contributed by atoms with Gasteiger partial charge < -0.3 is 5.11 Å². The van der Waals surface area contributed by atoms with Crippen LogP contribution >= 0.6 is 0 Å². The van der Waals surface area contributed by atoms with Gasteiger partial charge in [0.1, 0.15) is 5.82 Å². The van der Waals surface area contributed by atoms with Crippen molar-refractivity contribution in [3.8, 4) is 0 Å². The number of rotatable bonds is 6. The summed E-state index contributed by atoms with van der Waals surface area (Å²) in [7, 11) is 0. The van der Waals surface area contributed by atoms with E-state index in [1.165, 1.54) is 0 Å². The van der Waals surface area contributed by atoms with Gasteiger partial charge in [-0.25, -0.2) is 9.67 Å². The lowest BCUT2D eigenvalue weighted by atomic mass is 9.98. The van der Waals surface area contributed by atoms with Gasteiger partial charge in [-0.3, -0.25) is 0 Å². The minimum Gasteiger partial charge on any atom is -0.388 e. The molecule has 0 aliphatic heterocycles. The molecule has 0 saturated heterocycles. The zero-order valence-electron chi connectivity index (χ0n) is 10.8. The standard InChI is InChI=1S/C12H23N3O/c1-5-10-13-11(6-2)15(14-10)9-12(16,7-3)8-4/h16H,5-9H2,1-4H3. The van der Waals surface area contributed by atoms with Gasteiger partial charge in [0.2, 0.25) is 0 Å².